The molecule has 172 valence electrons. The van der Waals surface area contributed by atoms with Crippen LogP contribution >= 0.6 is 0 Å². The maximum absolute atomic E-state index is 14.1. The summed E-state index contributed by atoms with van der Waals surface area (Å²) < 4.78 is 1.76. The van der Waals surface area contributed by atoms with Crippen LogP contribution in [0.3, 0.4) is 0 Å². The van der Waals surface area contributed by atoms with Crippen LogP contribution in [0.5, 0.6) is 0 Å². The van der Waals surface area contributed by atoms with Crippen LogP contribution in [0.2, 0.25) is 0 Å². The fourth-order valence-corrected chi connectivity index (χ4v) is 5.80. The zero-order valence-corrected chi connectivity index (χ0v) is 19.0. The molecule has 34 heavy (non-hydrogen) atoms. The Morgan fingerprint density at radius 2 is 1.85 bits per heavy atom. The molecular weight excluding hydrogens is 428 g/mol. The molecule has 3 heterocycles. The van der Waals surface area contributed by atoms with E-state index >= 15 is 0 Å². The molecule has 2 aromatic carbocycles. The molecule has 0 radical (unpaired) electrons. The molecular formula is C26H26N6O2. The van der Waals surface area contributed by atoms with E-state index in [9.17, 15) is 9.59 Å². The minimum atomic E-state index is -0.469. The monoisotopic (exact) mass is 454 g/mol. The highest BCUT2D eigenvalue weighted by Gasteiger charge is 2.52. The summed E-state index contributed by atoms with van der Waals surface area (Å²) in [6.07, 6.45) is 6.80. The molecule has 8 heteroatoms. The number of fused-ring (bicyclic) bond motifs is 3. The van der Waals surface area contributed by atoms with Gasteiger partial charge in [0.25, 0.3) is 5.56 Å². The number of carbonyl (C=O) groups is 1. The number of carbonyl (C=O) groups excluding carboxylic acids is 1. The van der Waals surface area contributed by atoms with Gasteiger partial charge in [-0.1, -0.05) is 43.5 Å². The molecule has 1 spiro atoms. The highest BCUT2D eigenvalue weighted by molar-refractivity contribution is 6.14. The smallest absolute Gasteiger partial charge is 0.272 e. The molecule has 1 amide bonds. The van der Waals surface area contributed by atoms with Crippen molar-refractivity contribution in [2.24, 2.45) is 12.8 Å². The molecule has 0 bridgehead atoms. The van der Waals surface area contributed by atoms with Crippen molar-refractivity contribution in [1.29, 1.82) is 0 Å². The standard InChI is InChI=1S/C26H26N6O2/c1-31-24(32-22-8-4-3-7-20(22)26(25(32)34)11-5-2-6-12-26)19(15-28-31)16-9-10-17-18(13-16)21(14-27)29-30-23(17)33/h3-4,7-10,13,15H,2,5-6,11-12,14,27H2,1H3,(H,30,33). The Bertz CT molecular complexity index is 1490. The van der Waals surface area contributed by atoms with Crippen LogP contribution in [0.4, 0.5) is 11.5 Å². The summed E-state index contributed by atoms with van der Waals surface area (Å²) in [6.45, 7) is 0.205. The second kappa shape index (κ2) is 7.63. The van der Waals surface area contributed by atoms with Gasteiger partial charge in [-0.2, -0.15) is 10.2 Å². The first-order valence-electron chi connectivity index (χ1n) is 11.7. The molecule has 0 atom stereocenters. The first-order chi connectivity index (χ1) is 16.5. The van der Waals surface area contributed by atoms with Gasteiger partial charge in [-0.25, -0.2) is 5.10 Å². The Kier molecular flexibility index (Phi) is 4.67. The molecule has 4 aromatic rings. The number of rotatable bonds is 3. The molecule has 6 rings (SSSR count). The Labute approximate surface area is 196 Å². The van der Waals surface area contributed by atoms with E-state index in [1.807, 2.05) is 42.3 Å². The number of aryl methyl sites for hydroxylation is 1. The van der Waals surface area contributed by atoms with Crippen molar-refractivity contribution < 1.29 is 4.79 Å². The van der Waals surface area contributed by atoms with Gasteiger partial charge in [-0.3, -0.25) is 19.2 Å². The van der Waals surface area contributed by atoms with Crippen LogP contribution in [-0.4, -0.2) is 25.9 Å². The van der Waals surface area contributed by atoms with Crippen LogP contribution < -0.4 is 16.2 Å². The summed E-state index contributed by atoms with van der Waals surface area (Å²) in [6, 6.07) is 13.7. The van der Waals surface area contributed by atoms with Crippen LogP contribution in [-0.2, 0) is 23.8 Å². The maximum atomic E-state index is 14.1. The molecule has 1 fully saturated rings. The number of aromatic nitrogens is 4. The number of nitrogens with two attached hydrogens (primary N) is 1. The van der Waals surface area contributed by atoms with Crippen LogP contribution in [0.1, 0.15) is 43.4 Å². The zero-order chi connectivity index (χ0) is 23.4. The molecule has 3 N–H and O–H groups in total. The third kappa shape index (κ3) is 2.81. The Morgan fingerprint density at radius 3 is 2.65 bits per heavy atom. The molecule has 2 aliphatic rings. The molecule has 1 aliphatic carbocycles. The Morgan fingerprint density at radius 1 is 1.06 bits per heavy atom. The lowest BCUT2D eigenvalue weighted by Gasteiger charge is -2.32. The first kappa shape index (κ1) is 20.8. The number of amides is 1. The quantitative estimate of drug-likeness (QED) is 0.491. The van der Waals surface area contributed by atoms with Gasteiger partial charge in [0, 0.05) is 24.5 Å². The summed E-state index contributed by atoms with van der Waals surface area (Å²) in [4.78, 5) is 28.3. The largest absolute Gasteiger partial charge is 0.325 e. The molecule has 2 aromatic heterocycles. The topological polar surface area (TPSA) is 110 Å². The number of H-pyrrole nitrogens is 1. The second-order valence-electron chi connectivity index (χ2n) is 9.27. The first-order valence-corrected chi connectivity index (χ1v) is 11.7. The predicted octanol–water partition coefficient (Wildman–Crippen LogP) is 3.66. The molecule has 0 saturated heterocycles. The Hall–Kier alpha value is -3.78. The fourth-order valence-electron chi connectivity index (χ4n) is 5.80. The van der Waals surface area contributed by atoms with Crippen LogP contribution in [0.25, 0.3) is 21.9 Å². The van der Waals surface area contributed by atoms with E-state index in [0.717, 1.165) is 53.9 Å². The average molecular weight is 455 g/mol. The van der Waals surface area contributed by atoms with E-state index in [1.54, 1.807) is 16.9 Å². The normalized spacial score (nSPS) is 17.0. The van der Waals surface area contributed by atoms with Crippen molar-refractivity contribution in [2.75, 3.05) is 4.90 Å². The fraction of sp³-hybridized carbons (Fsp3) is 0.308. The van der Waals surface area contributed by atoms with E-state index in [0.29, 0.717) is 16.5 Å². The highest BCUT2D eigenvalue weighted by Crippen LogP contribution is 2.53. The lowest BCUT2D eigenvalue weighted by atomic mass is 9.70. The highest BCUT2D eigenvalue weighted by atomic mass is 16.2. The third-order valence-electron chi connectivity index (χ3n) is 7.47. The van der Waals surface area contributed by atoms with E-state index < -0.39 is 5.41 Å². The number of nitrogens with zero attached hydrogens (tertiary/aromatic N) is 4. The molecule has 1 saturated carbocycles. The van der Waals surface area contributed by atoms with Gasteiger partial charge in [-0.15, -0.1) is 0 Å². The van der Waals surface area contributed by atoms with Gasteiger partial charge in [0.15, 0.2) is 0 Å². The van der Waals surface area contributed by atoms with Gasteiger partial charge in [0.2, 0.25) is 5.91 Å². The minimum Gasteiger partial charge on any atom is -0.325 e. The number of benzene rings is 2. The van der Waals surface area contributed by atoms with E-state index in [4.69, 9.17) is 5.73 Å². The van der Waals surface area contributed by atoms with Crippen molar-refractivity contribution in [3.8, 4) is 11.1 Å². The lowest BCUT2D eigenvalue weighted by Crippen LogP contribution is -2.40. The number of anilines is 2. The van der Waals surface area contributed by atoms with Crippen molar-refractivity contribution in [3.05, 3.63) is 70.3 Å². The lowest BCUT2D eigenvalue weighted by molar-refractivity contribution is -0.123. The van der Waals surface area contributed by atoms with E-state index in [2.05, 4.69) is 21.4 Å². The molecule has 0 unspecified atom stereocenters. The van der Waals surface area contributed by atoms with Gasteiger partial charge < -0.3 is 5.73 Å². The van der Waals surface area contributed by atoms with Gasteiger partial charge >= 0.3 is 0 Å². The predicted molar refractivity (Wildman–Crippen MR) is 131 cm³/mol. The van der Waals surface area contributed by atoms with Crippen molar-refractivity contribution in [2.45, 2.75) is 44.1 Å². The van der Waals surface area contributed by atoms with E-state index in [1.165, 1.54) is 6.42 Å². The van der Waals surface area contributed by atoms with Crippen LogP contribution in [0.15, 0.2) is 53.5 Å². The summed E-state index contributed by atoms with van der Waals surface area (Å²) in [5.41, 5.74) is 9.50. The van der Waals surface area contributed by atoms with Gasteiger partial charge in [0.1, 0.15) is 5.82 Å². The van der Waals surface area contributed by atoms with Crippen molar-refractivity contribution >= 4 is 28.2 Å². The average Bonchev–Trinajstić information content (AvgIpc) is 3.35. The minimum absolute atomic E-state index is 0.125. The third-order valence-corrected chi connectivity index (χ3v) is 7.47. The van der Waals surface area contributed by atoms with Crippen LogP contribution in [0, 0.1) is 0 Å². The number of para-hydroxylation sites is 1. The zero-order valence-electron chi connectivity index (χ0n) is 19.0. The maximum Gasteiger partial charge on any atom is 0.272 e. The van der Waals surface area contributed by atoms with Gasteiger partial charge in [-0.05, 0) is 42.2 Å². The molecule has 8 nitrogen and oxygen atoms in total. The SMILES string of the molecule is Cn1ncc(-c2ccc3c(=O)[nH]nc(CN)c3c2)c1N1C(=O)C2(CCCCC2)c2ccccc21. The number of aromatic amines is 1. The number of hydrogen-bond donors (Lipinski definition) is 2. The second-order valence-corrected chi connectivity index (χ2v) is 9.27. The summed E-state index contributed by atoms with van der Waals surface area (Å²) in [5.74, 6) is 0.853. The Balaban J connectivity index is 1.55. The van der Waals surface area contributed by atoms with Gasteiger partial charge in [0.05, 0.1) is 28.4 Å². The number of hydrogen-bond acceptors (Lipinski definition) is 5. The summed E-state index contributed by atoms with van der Waals surface area (Å²) in [7, 11) is 1.86. The van der Waals surface area contributed by atoms with Crippen molar-refractivity contribution in [1.82, 2.24) is 20.0 Å². The summed E-state index contributed by atoms with van der Waals surface area (Å²) >= 11 is 0. The summed E-state index contributed by atoms with van der Waals surface area (Å²) in [5, 5.41) is 12.4. The van der Waals surface area contributed by atoms with E-state index in [-0.39, 0.29) is 18.0 Å². The molecule has 1 aliphatic heterocycles. The van der Waals surface area contributed by atoms with Crippen molar-refractivity contribution in [3.63, 3.8) is 0 Å². The number of nitrogens with one attached hydrogen (secondary N) is 1.